The molecule has 1 N–H and O–H groups in total. The molecule has 0 aliphatic heterocycles. The largest absolute Gasteiger partial charge is 0.504 e. The molecule has 0 unspecified atom stereocenters. The summed E-state index contributed by atoms with van der Waals surface area (Å²) in [5, 5.41) is 10.2. The molecule has 8 heteroatoms. The van der Waals surface area contributed by atoms with E-state index in [1.165, 1.54) is 39.6 Å². The number of para-hydroxylation sites is 1. The van der Waals surface area contributed by atoms with Gasteiger partial charge in [0.05, 0.1) is 18.6 Å². The molecule has 0 aromatic heterocycles. The van der Waals surface area contributed by atoms with E-state index in [-0.39, 0.29) is 10.6 Å². The minimum atomic E-state index is -3.60. The number of hydrogen-bond acceptors (Lipinski definition) is 6. The molecule has 0 saturated heterocycles. The molecule has 2 aromatic carbocycles. The monoisotopic (exact) mass is 378 g/mol. The summed E-state index contributed by atoms with van der Waals surface area (Å²) in [6, 6.07) is 9.49. The van der Waals surface area contributed by atoms with E-state index in [4.69, 9.17) is 9.47 Å². The van der Waals surface area contributed by atoms with Crippen molar-refractivity contribution < 1.29 is 23.0 Å². The zero-order chi connectivity index (χ0) is 19.3. The second-order valence-corrected chi connectivity index (χ2v) is 7.66. The Balaban J connectivity index is 2.46. The smallest absolute Gasteiger partial charge is 0.242 e. The average Bonchev–Trinajstić information content (AvgIpc) is 2.62. The van der Waals surface area contributed by atoms with Crippen LogP contribution >= 0.6 is 0 Å². The average molecular weight is 378 g/mol. The second-order valence-electron chi connectivity index (χ2n) is 5.51. The van der Waals surface area contributed by atoms with Crippen molar-refractivity contribution in [1.82, 2.24) is 4.31 Å². The summed E-state index contributed by atoms with van der Waals surface area (Å²) in [4.78, 5) is 4.39. The van der Waals surface area contributed by atoms with Crippen LogP contribution in [0, 0.1) is 0 Å². The summed E-state index contributed by atoms with van der Waals surface area (Å²) in [5.41, 5.74) is 0.774. The molecule has 0 aliphatic rings. The van der Waals surface area contributed by atoms with E-state index in [1.54, 1.807) is 24.3 Å². The molecule has 0 bridgehead atoms. The number of ether oxygens (including phenoxy) is 2. The van der Waals surface area contributed by atoms with Crippen molar-refractivity contribution in [2.24, 2.45) is 4.99 Å². The Bertz CT molecular complexity index is 908. The fraction of sp³-hybridized carbons (Fsp3) is 0.278. The van der Waals surface area contributed by atoms with Gasteiger partial charge in [-0.25, -0.2) is 12.7 Å². The number of rotatable bonds is 7. The molecule has 26 heavy (non-hydrogen) atoms. The van der Waals surface area contributed by atoms with Crippen molar-refractivity contribution >= 4 is 21.9 Å². The van der Waals surface area contributed by atoms with E-state index in [0.717, 1.165) is 4.31 Å². The number of phenolic OH excluding ortho intramolecular Hbond substituents is 1. The third kappa shape index (κ3) is 4.14. The quantitative estimate of drug-likeness (QED) is 0.749. The highest BCUT2D eigenvalue weighted by Crippen LogP contribution is 2.32. The molecule has 0 saturated carbocycles. The maximum absolute atomic E-state index is 12.3. The van der Waals surface area contributed by atoms with Crippen LogP contribution in [-0.4, -0.2) is 51.9 Å². The number of aliphatic imine (C=N–C) groups is 1. The van der Waals surface area contributed by atoms with Gasteiger partial charge in [0.15, 0.2) is 11.5 Å². The minimum Gasteiger partial charge on any atom is -0.504 e. The zero-order valence-electron chi connectivity index (χ0n) is 15.1. The third-order valence-electron chi connectivity index (χ3n) is 3.60. The summed E-state index contributed by atoms with van der Waals surface area (Å²) in [5.74, 6) is 0.737. The molecule has 0 spiro atoms. The molecule has 140 valence electrons. The van der Waals surface area contributed by atoms with Crippen LogP contribution in [0.4, 0.5) is 5.69 Å². The number of phenols is 1. The molecule has 0 aliphatic carbocycles. The fourth-order valence-electron chi connectivity index (χ4n) is 2.20. The Labute approximate surface area is 153 Å². The van der Waals surface area contributed by atoms with Crippen LogP contribution in [0.5, 0.6) is 17.2 Å². The molecule has 0 amide bonds. The van der Waals surface area contributed by atoms with Gasteiger partial charge < -0.3 is 14.6 Å². The van der Waals surface area contributed by atoms with E-state index >= 15 is 0 Å². The van der Waals surface area contributed by atoms with E-state index in [9.17, 15) is 13.5 Å². The van der Waals surface area contributed by atoms with Gasteiger partial charge in [-0.15, -0.1) is 0 Å². The minimum absolute atomic E-state index is 0.0332. The topological polar surface area (TPSA) is 88.4 Å². The predicted molar refractivity (Wildman–Crippen MR) is 100 cm³/mol. The number of hydrogen-bond donors (Lipinski definition) is 1. The van der Waals surface area contributed by atoms with Gasteiger partial charge in [0.1, 0.15) is 11.4 Å². The Kier molecular flexibility index (Phi) is 6.23. The highest BCUT2D eigenvalue weighted by molar-refractivity contribution is 7.89. The van der Waals surface area contributed by atoms with Crippen molar-refractivity contribution in [1.29, 1.82) is 0 Å². The molecule has 0 fully saturated rings. The molecule has 0 radical (unpaired) electrons. The first-order chi connectivity index (χ1) is 12.3. The lowest BCUT2D eigenvalue weighted by molar-refractivity contribution is 0.318. The Morgan fingerprint density at radius 3 is 2.54 bits per heavy atom. The van der Waals surface area contributed by atoms with Crippen LogP contribution in [0.2, 0.25) is 0 Å². The van der Waals surface area contributed by atoms with Crippen LogP contribution in [0.15, 0.2) is 46.3 Å². The first kappa shape index (κ1) is 19.7. The normalized spacial score (nSPS) is 11.9. The van der Waals surface area contributed by atoms with Gasteiger partial charge >= 0.3 is 0 Å². The third-order valence-corrected chi connectivity index (χ3v) is 5.41. The Hall–Kier alpha value is -2.58. The maximum Gasteiger partial charge on any atom is 0.242 e. The van der Waals surface area contributed by atoms with Gasteiger partial charge in [-0.3, -0.25) is 4.99 Å². The van der Waals surface area contributed by atoms with Crippen LogP contribution in [0.1, 0.15) is 12.5 Å². The lowest BCUT2D eigenvalue weighted by atomic mass is 10.2. The highest BCUT2D eigenvalue weighted by atomic mass is 32.2. The second kappa shape index (κ2) is 8.20. The van der Waals surface area contributed by atoms with Crippen LogP contribution < -0.4 is 9.47 Å². The van der Waals surface area contributed by atoms with Gasteiger partial charge in [-0.05, 0) is 37.3 Å². The molecule has 2 rings (SSSR count). The molecular formula is C18H22N2O5S. The van der Waals surface area contributed by atoms with Gasteiger partial charge in [-0.1, -0.05) is 6.07 Å². The fourth-order valence-corrected chi connectivity index (χ4v) is 3.12. The SMILES string of the molecule is CCOc1cccc(C=Nc2cc(S(=O)(=O)N(C)C)ccc2OC)c1O. The zero-order valence-corrected chi connectivity index (χ0v) is 15.9. The van der Waals surface area contributed by atoms with E-state index in [2.05, 4.69) is 4.99 Å². The Morgan fingerprint density at radius 1 is 1.19 bits per heavy atom. The lowest BCUT2D eigenvalue weighted by Crippen LogP contribution is -2.22. The van der Waals surface area contributed by atoms with Crippen LogP contribution in [0.25, 0.3) is 0 Å². The van der Waals surface area contributed by atoms with E-state index in [1.807, 2.05) is 6.92 Å². The summed E-state index contributed by atoms with van der Waals surface area (Å²) < 4.78 is 36.3. The van der Waals surface area contributed by atoms with E-state index in [0.29, 0.717) is 29.4 Å². The number of nitrogens with zero attached hydrogens (tertiary/aromatic N) is 2. The van der Waals surface area contributed by atoms with E-state index < -0.39 is 10.0 Å². The van der Waals surface area contributed by atoms with Crippen LogP contribution in [0.3, 0.4) is 0 Å². The summed E-state index contributed by atoms with van der Waals surface area (Å²) in [7, 11) is 0.795. The van der Waals surface area contributed by atoms with Crippen molar-refractivity contribution in [3.8, 4) is 17.2 Å². The van der Waals surface area contributed by atoms with Gasteiger partial charge in [0, 0.05) is 25.9 Å². The van der Waals surface area contributed by atoms with Crippen molar-refractivity contribution in [2.45, 2.75) is 11.8 Å². The number of methoxy groups -OCH3 is 1. The maximum atomic E-state index is 12.3. The number of sulfonamides is 1. The first-order valence-electron chi connectivity index (χ1n) is 7.90. The molecule has 2 aromatic rings. The number of aromatic hydroxyl groups is 1. The molecular weight excluding hydrogens is 356 g/mol. The number of benzene rings is 2. The van der Waals surface area contributed by atoms with Crippen molar-refractivity contribution in [2.75, 3.05) is 27.8 Å². The predicted octanol–water partition coefficient (Wildman–Crippen LogP) is 2.80. The van der Waals surface area contributed by atoms with Crippen molar-refractivity contribution in [3.05, 3.63) is 42.0 Å². The molecule has 0 atom stereocenters. The van der Waals surface area contributed by atoms with Gasteiger partial charge in [-0.2, -0.15) is 0 Å². The van der Waals surface area contributed by atoms with Gasteiger partial charge in [0.25, 0.3) is 0 Å². The Morgan fingerprint density at radius 2 is 1.92 bits per heavy atom. The first-order valence-corrected chi connectivity index (χ1v) is 9.34. The van der Waals surface area contributed by atoms with Crippen molar-refractivity contribution in [3.63, 3.8) is 0 Å². The highest BCUT2D eigenvalue weighted by Gasteiger charge is 2.19. The summed E-state index contributed by atoms with van der Waals surface area (Å²) in [6.45, 7) is 2.24. The molecule has 0 heterocycles. The standard InChI is InChI=1S/C18H22N2O5S/c1-5-25-17-8-6-7-13(18(17)21)12-19-15-11-14(9-10-16(15)24-4)26(22,23)20(2)3/h6-12,21H,5H2,1-4H3. The summed E-state index contributed by atoms with van der Waals surface area (Å²) in [6.07, 6.45) is 1.43. The van der Waals surface area contributed by atoms with Gasteiger partial charge in [0.2, 0.25) is 10.0 Å². The summed E-state index contributed by atoms with van der Waals surface area (Å²) >= 11 is 0. The van der Waals surface area contributed by atoms with Crippen LogP contribution in [-0.2, 0) is 10.0 Å². The lowest BCUT2D eigenvalue weighted by Gasteiger charge is -2.13. The molecule has 7 nitrogen and oxygen atoms in total.